The third kappa shape index (κ3) is 43.4. The zero-order valence-electron chi connectivity index (χ0n) is 47.0. The van der Waals surface area contributed by atoms with Gasteiger partial charge in [-0.15, -0.1) is 0 Å². The average Bonchev–Trinajstić information content (AvgIpc) is 3.36. The van der Waals surface area contributed by atoms with Crippen molar-refractivity contribution < 1.29 is 66.1 Å². The first kappa shape index (κ1) is 69.7. The molecule has 0 aromatic rings. The van der Waals surface area contributed by atoms with Gasteiger partial charge in [0.05, 0.1) is 59.5 Å². The summed E-state index contributed by atoms with van der Waals surface area (Å²) in [5.74, 6) is -0.227. The van der Waals surface area contributed by atoms with Crippen molar-refractivity contribution in [2.24, 2.45) is 5.41 Å². The number of hydrogen-bond donors (Lipinski definition) is 3. The highest BCUT2D eigenvalue weighted by Gasteiger charge is 2.26. The number of phosphoric ester groups is 1. The molecule has 432 valence electrons. The first-order valence-corrected chi connectivity index (χ1v) is 30.5. The lowest BCUT2D eigenvalue weighted by Crippen LogP contribution is -2.29. The van der Waals surface area contributed by atoms with Gasteiger partial charge in [0.1, 0.15) is 13.2 Å². The van der Waals surface area contributed by atoms with Crippen molar-refractivity contribution in [1.29, 1.82) is 0 Å². The zero-order chi connectivity index (χ0) is 55.1. The van der Waals surface area contributed by atoms with E-state index >= 15 is 0 Å². The van der Waals surface area contributed by atoms with Crippen molar-refractivity contribution in [3.05, 3.63) is 58.7 Å². The molecule has 1 rings (SSSR count). The standard InChI is InChI=1S/C57H99N2O14PS/c1-7-8-9-10-11-12-13-14-15-16-17-18-19-20-21-30-54(61)69-37-25-38-72-74(64,65)73-40-36-58-56(63)71-46-45-67-42-41-66-43-44-68-47-48-75-59-53(60)29-23-31-55(62)70-39-34-50(3)27-22-26-49(2)32-33-52-51(4)28-24-35-57(52,5)6/h22,26-27,32-34H,7-21,23-25,28-31,35-48H2,1-6H3,(H,58,63)(H,59,60)(H,64,65)/b27-22+,33-32+,49-26+,50-34+. The second-order valence-electron chi connectivity index (χ2n) is 19.7. The van der Waals surface area contributed by atoms with Crippen molar-refractivity contribution >= 4 is 43.7 Å². The van der Waals surface area contributed by atoms with Gasteiger partial charge in [-0.3, -0.25) is 23.4 Å². The molecule has 0 saturated heterocycles. The van der Waals surface area contributed by atoms with Gasteiger partial charge in [0.2, 0.25) is 5.91 Å². The van der Waals surface area contributed by atoms with E-state index in [9.17, 15) is 28.6 Å². The summed E-state index contributed by atoms with van der Waals surface area (Å²) >= 11 is 1.24. The number of alkyl carbamates (subject to hydrolysis) is 1. The Balaban J connectivity index is 1.89. The summed E-state index contributed by atoms with van der Waals surface area (Å²) in [6.07, 6.45) is 35.5. The van der Waals surface area contributed by atoms with Crippen LogP contribution in [0.4, 0.5) is 4.79 Å². The first-order chi connectivity index (χ1) is 36.1. The summed E-state index contributed by atoms with van der Waals surface area (Å²) in [6, 6.07) is 0. The summed E-state index contributed by atoms with van der Waals surface area (Å²) in [6.45, 7) is 14.8. The molecule has 1 aliphatic rings. The van der Waals surface area contributed by atoms with Crippen LogP contribution in [0.5, 0.6) is 0 Å². The van der Waals surface area contributed by atoms with Crippen LogP contribution in [-0.4, -0.2) is 114 Å². The van der Waals surface area contributed by atoms with Gasteiger partial charge in [0, 0.05) is 38.0 Å². The molecule has 3 N–H and O–H groups in total. The van der Waals surface area contributed by atoms with E-state index in [1.54, 1.807) is 0 Å². The lowest BCUT2D eigenvalue weighted by molar-refractivity contribution is -0.144. The number of carbonyl (C=O) groups excluding carboxylic acids is 4. The predicted molar refractivity (Wildman–Crippen MR) is 300 cm³/mol. The quantitative estimate of drug-likeness (QED) is 0.0129. The van der Waals surface area contributed by atoms with Crippen LogP contribution in [-0.2, 0) is 56.4 Å². The number of hydrogen-bond acceptors (Lipinski definition) is 14. The molecule has 18 heteroatoms. The Kier molecular flexibility index (Phi) is 43.5. The predicted octanol–water partition coefficient (Wildman–Crippen LogP) is 13.1. The van der Waals surface area contributed by atoms with Crippen LogP contribution in [0.3, 0.4) is 0 Å². The van der Waals surface area contributed by atoms with E-state index in [-0.39, 0.29) is 95.3 Å². The fraction of sp³-hybridized carbons (Fsp3) is 0.754. The van der Waals surface area contributed by atoms with Gasteiger partial charge in [-0.1, -0.05) is 158 Å². The van der Waals surface area contributed by atoms with Crippen molar-refractivity contribution in [2.75, 3.05) is 85.0 Å². The van der Waals surface area contributed by atoms with Crippen molar-refractivity contribution in [2.45, 2.75) is 189 Å². The molecule has 0 aromatic carbocycles. The number of allylic oxidation sites excluding steroid dienone is 9. The molecule has 0 spiro atoms. The van der Waals surface area contributed by atoms with Crippen LogP contribution in [0.1, 0.15) is 189 Å². The molecule has 0 bridgehead atoms. The second kappa shape index (κ2) is 46.8. The van der Waals surface area contributed by atoms with Crippen LogP contribution in [0.25, 0.3) is 0 Å². The molecule has 0 aromatic heterocycles. The number of rotatable bonds is 48. The van der Waals surface area contributed by atoms with Gasteiger partial charge in [-0.25, -0.2) is 9.36 Å². The summed E-state index contributed by atoms with van der Waals surface area (Å²) < 4.78 is 56.5. The topological polar surface area (TPSA) is 203 Å². The molecular weight excluding hydrogens is 1000 g/mol. The van der Waals surface area contributed by atoms with Crippen LogP contribution < -0.4 is 10.0 Å². The molecule has 0 saturated carbocycles. The maximum atomic E-state index is 12.1. The van der Waals surface area contributed by atoms with Crippen molar-refractivity contribution in [3.8, 4) is 0 Å². The number of nitrogens with one attached hydrogen (secondary N) is 2. The Morgan fingerprint density at radius 2 is 1.23 bits per heavy atom. The Bertz CT molecular complexity index is 1750. The fourth-order valence-corrected chi connectivity index (χ4v) is 9.31. The third-order valence-electron chi connectivity index (χ3n) is 12.3. The molecule has 2 amide bonds. The Morgan fingerprint density at radius 3 is 1.87 bits per heavy atom. The van der Waals surface area contributed by atoms with Crippen LogP contribution in [0, 0.1) is 5.41 Å². The molecule has 0 heterocycles. The second-order valence-corrected chi connectivity index (χ2v) is 22.1. The summed E-state index contributed by atoms with van der Waals surface area (Å²) in [5, 5.41) is 2.41. The van der Waals surface area contributed by atoms with Gasteiger partial charge in [-0.05, 0) is 81.9 Å². The molecule has 1 atom stereocenters. The van der Waals surface area contributed by atoms with Gasteiger partial charge >= 0.3 is 25.9 Å². The molecule has 16 nitrogen and oxygen atoms in total. The van der Waals surface area contributed by atoms with Gasteiger partial charge in [0.15, 0.2) is 0 Å². The number of phosphoric acid groups is 1. The lowest BCUT2D eigenvalue weighted by Gasteiger charge is -2.32. The number of unbranched alkanes of at least 4 members (excludes halogenated alkanes) is 14. The smallest absolute Gasteiger partial charge is 0.466 e. The Hall–Kier alpha value is -3.28. The molecule has 1 unspecified atom stereocenters. The first-order valence-electron chi connectivity index (χ1n) is 28.0. The van der Waals surface area contributed by atoms with Crippen molar-refractivity contribution in [3.63, 3.8) is 0 Å². The minimum Gasteiger partial charge on any atom is -0.466 e. The number of amides is 2. The van der Waals surface area contributed by atoms with Crippen LogP contribution in [0.15, 0.2) is 58.7 Å². The molecule has 0 radical (unpaired) electrons. The summed E-state index contributed by atoms with van der Waals surface area (Å²) in [4.78, 5) is 58.0. The minimum absolute atomic E-state index is 0.00678. The SMILES string of the molecule is CCCCCCCCCCCCCCCCCC(=O)OCCCOP(=O)(O)OCCNC(=O)OCCOCCOCCOCCSNC(=O)CCCC(=O)OC/C=C(C)/C=C/C=C(C)/C=C/C1=C(C)CCCC1(C)C. The highest BCUT2D eigenvalue weighted by Crippen LogP contribution is 2.43. The van der Waals surface area contributed by atoms with Gasteiger partial charge in [-0.2, -0.15) is 0 Å². The largest absolute Gasteiger partial charge is 0.472 e. The maximum absolute atomic E-state index is 12.1. The van der Waals surface area contributed by atoms with Crippen LogP contribution >= 0.6 is 19.8 Å². The summed E-state index contributed by atoms with van der Waals surface area (Å²) in [5.41, 5.74) is 5.30. The average molecular weight is 1100 g/mol. The van der Waals surface area contributed by atoms with Gasteiger partial charge in [0.25, 0.3) is 0 Å². The Morgan fingerprint density at radius 1 is 0.653 bits per heavy atom. The monoisotopic (exact) mass is 1100 g/mol. The highest BCUT2D eigenvalue weighted by molar-refractivity contribution is 7.97. The minimum atomic E-state index is -4.34. The number of ether oxygens (including phenoxy) is 6. The van der Waals surface area contributed by atoms with E-state index in [1.165, 1.54) is 119 Å². The molecular formula is C57H99N2O14PS. The van der Waals surface area contributed by atoms with E-state index in [2.05, 4.69) is 62.9 Å². The highest BCUT2D eigenvalue weighted by atomic mass is 32.2. The molecule has 75 heavy (non-hydrogen) atoms. The van der Waals surface area contributed by atoms with Gasteiger partial charge < -0.3 is 43.4 Å². The lowest BCUT2D eigenvalue weighted by atomic mass is 9.72. The normalized spacial score (nSPS) is 14.9. The zero-order valence-corrected chi connectivity index (χ0v) is 48.7. The number of carbonyl (C=O) groups is 4. The summed E-state index contributed by atoms with van der Waals surface area (Å²) in [7, 11) is -4.34. The van der Waals surface area contributed by atoms with Crippen molar-refractivity contribution in [1.82, 2.24) is 10.0 Å². The Labute approximate surface area is 456 Å². The van der Waals surface area contributed by atoms with Crippen LogP contribution in [0.2, 0.25) is 0 Å². The van der Waals surface area contributed by atoms with E-state index in [1.807, 2.05) is 25.2 Å². The van der Waals surface area contributed by atoms with E-state index in [0.717, 1.165) is 30.4 Å². The van der Waals surface area contributed by atoms with E-state index in [0.29, 0.717) is 45.0 Å². The van der Waals surface area contributed by atoms with E-state index in [4.69, 9.17) is 37.5 Å². The fourth-order valence-electron chi connectivity index (χ4n) is 7.99. The van der Waals surface area contributed by atoms with E-state index < -0.39 is 13.9 Å². The molecule has 1 aliphatic carbocycles. The number of esters is 2. The maximum Gasteiger partial charge on any atom is 0.472 e. The molecule has 0 aliphatic heterocycles. The molecule has 0 fully saturated rings. The third-order valence-corrected chi connectivity index (χ3v) is 14.1.